The van der Waals surface area contributed by atoms with Crippen molar-refractivity contribution in [1.82, 2.24) is 19.7 Å². The Morgan fingerprint density at radius 1 is 1.09 bits per heavy atom. The standard InChI is InChI=1S/C22H19ClF3N5O2/c23-16-5-8-19(27-12-16)28-20(32)15-2-1-10-30(13-15)21(33)14-3-6-17(7-4-14)31-11-9-18(29-31)22(24,25)26/h3-9,11-12,15H,1-2,10,13H2,(H,27,28,32). The topological polar surface area (TPSA) is 80.1 Å². The summed E-state index contributed by atoms with van der Waals surface area (Å²) in [6.07, 6.45) is -0.567. The summed E-state index contributed by atoms with van der Waals surface area (Å²) in [6, 6.07) is 10.2. The van der Waals surface area contributed by atoms with Gasteiger partial charge in [-0.05, 0) is 55.3 Å². The van der Waals surface area contributed by atoms with E-state index in [-0.39, 0.29) is 24.3 Å². The zero-order valence-electron chi connectivity index (χ0n) is 17.2. The Kier molecular flexibility index (Phi) is 6.37. The van der Waals surface area contributed by atoms with Crippen LogP contribution >= 0.6 is 11.6 Å². The molecule has 11 heteroatoms. The molecular weight excluding hydrogens is 459 g/mol. The average Bonchev–Trinajstić information content (AvgIpc) is 3.31. The number of amides is 2. The molecule has 1 fully saturated rings. The number of alkyl halides is 3. The number of carbonyl (C=O) groups excluding carboxylic acids is 2. The minimum Gasteiger partial charge on any atom is -0.338 e. The van der Waals surface area contributed by atoms with Crippen molar-refractivity contribution < 1.29 is 22.8 Å². The molecule has 0 spiro atoms. The number of nitrogens with one attached hydrogen (secondary N) is 1. The lowest BCUT2D eigenvalue weighted by atomic mass is 9.96. The van der Waals surface area contributed by atoms with E-state index in [0.717, 1.165) is 10.7 Å². The second-order valence-corrected chi connectivity index (χ2v) is 8.07. The summed E-state index contributed by atoms with van der Waals surface area (Å²) < 4.78 is 39.4. The molecule has 4 rings (SSSR count). The Balaban J connectivity index is 1.40. The molecular formula is C22H19ClF3N5O2. The van der Waals surface area contributed by atoms with Crippen LogP contribution in [0.15, 0.2) is 54.9 Å². The van der Waals surface area contributed by atoms with Gasteiger partial charge in [0.25, 0.3) is 5.91 Å². The second kappa shape index (κ2) is 9.22. The number of pyridine rings is 1. The maximum atomic E-state index is 12.9. The molecule has 2 aromatic heterocycles. The van der Waals surface area contributed by atoms with Gasteiger partial charge in [-0.3, -0.25) is 9.59 Å². The minimum atomic E-state index is -4.53. The number of benzene rings is 1. The molecule has 1 aliphatic heterocycles. The number of rotatable bonds is 4. The van der Waals surface area contributed by atoms with Crippen LogP contribution in [0, 0.1) is 5.92 Å². The highest BCUT2D eigenvalue weighted by atomic mass is 35.5. The highest BCUT2D eigenvalue weighted by Crippen LogP contribution is 2.28. The van der Waals surface area contributed by atoms with Gasteiger partial charge in [-0.1, -0.05) is 11.6 Å². The predicted molar refractivity (Wildman–Crippen MR) is 115 cm³/mol. The lowest BCUT2D eigenvalue weighted by Gasteiger charge is -2.32. The summed E-state index contributed by atoms with van der Waals surface area (Å²) in [5.74, 6) is -0.475. The maximum absolute atomic E-state index is 12.9. The van der Waals surface area contributed by atoms with Gasteiger partial charge in [0.05, 0.1) is 16.6 Å². The first-order valence-electron chi connectivity index (χ1n) is 10.2. The molecule has 1 N–H and O–H groups in total. The van der Waals surface area contributed by atoms with E-state index >= 15 is 0 Å². The van der Waals surface area contributed by atoms with Crippen LogP contribution in [-0.4, -0.2) is 44.6 Å². The Morgan fingerprint density at radius 3 is 2.48 bits per heavy atom. The van der Waals surface area contributed by atoms with Crippen molar-refractivity contribution in [2.24, 2.45) is 5.92 Å². The largest absolute Gasteiger partial charge is 0.435 e. The molecule has 0 saturated carbocycles. The monoisotopic (exact) mass is 477 g/mol. The van der Waals surface area contributed by atoms with Crippen LogP contribution < -0.4 is 5.32 Å². The Hall–Kier alpha value is -3.40. The lowest BCUT2D eigenvalue weighted by Crippen LogP contribution is -2.43. The van der Waals surface area contributed by atoms with E-state index in [9.17, 15) is 22.8 Å². The molecule has 172 valence electrons. The van der Waals surface area contributed by atoms with Crippen LogP contribution in [0.5, 0.6) is 0 Å². The van der Waals surface area contributed by atoms with Gasteiger partial charge in [-0.15, -0.1) is 0 Å². The number of nitrogens with zero attached hydrogens (tertiary/aromatic N) is 4. The fraction of sp³-hybridized carbons (Fsp3) is 0.273. The number of halogens is 4. The molecule has 1 aliphatic rings. The number of hydrogen-bond donors (Lipinski definition) is 1. The third-order valence-corrected chi connectivity index (χ3v) is 5.54. The zero-order valence-corrected chi connectivity index (χ0v) is 18.0. The molecule has 3 aromatic rings. The third kappa shape index (κ3) is 5.33. The van der Waals surface area contributed by atoms with Gasteiger partial charge >= 0.3 is 6.18 Å². The van der Waals surface area contributed by atoms with Crippen molar-refractivity contribution in [3.63, 3.8) is 0 Å². The molecule has 3 heterocycles. The highest BCUT2D eigenvalue weighted by Gasteiger charge is 2.33. The number of piperidine rings is 1. The minimum absolute atomic E-state index is 0.225. The number of carbonyl (C=O) groups is 2. The molecule has 7 nitrogen and oxygen atoms in total. The van der Waals surface area contributed by atoms with Crippen LogP contribution in [0.4, 0.5) is 19.0 Å². The van der Waals surface area contributed by atoms with Gasteiger partial charge in [0.2, 0.25) is 5.91 Å². The van der Waals surface area contributed by atoms with Crippen LogP contribution in [0.3, 0.4) is 0 Å². The van der Waals surface area contributed by atoms with Crippen LogP contribution in [0.1, 0.15) is 28.9 Å². The Morgan fingerprint density at radius 2 is 1.85 bits per heavy atom. The molecule has 1 aromatic carbocycles. The van der Waals surface area contributed by atoms with E-state index in [2.05, 4.69) is 15.4 Å². The third-order valence-electron chi connectivity index (χ3n) is 5.32. The quantitative estimate of drug-likeness (QED) is 0.603. The average molecular weight is 478 g/mol. The summed E-state index contributed by atoms with van der Waals surface area (Å²) in [4.78, 5) is 31.2. The number of likely N-dealkylation sites (tertiary alicyclic amines) is 1. The summed E-state index contributed by atoms with van der Waals surface area (Å²) in [7, 11) is 0. The zero-order chi connectivity index (χ0) is 23.6. The van der Waals surface area contributed by atoms with E-state index in [1.54, 1.807) is 17.0 Å². The predicted octanol–water partition coefficient (Wildman–Crippen LogP) is 4.43. The van der Waals surface area contributed by atoms with Crippen molar-refractivity contribution in [2.75, 3.05) is 18.4 Å². The highest BCUT2D eigenvalue weighted by molar-refractivity contribution is 6.30. The fourth-order valence-corrected chi connectivity index (χ4v) is 3.72. The van der Waals surface area contributed by atoms with Gasteiger partial charge in [-0.2, -0.15) is 18.3 Å². The molecule has 1 atom stereocenters. The summed E-state index contributed by atoms with van der Waals surface area (Å²) in [5, 5.41) is 6.72. The first-order valence-corrected chi connectivity index (χ1v) is 10.5. The van der Waals surface area contributed by atoms with E-state index in [4.69, 9.17) is 11.6 Å². The molecule has 1 unspecified atom stereocenters. The molecule has 2 amide bonds. The number of hydrogen-bond acceptors (Lipinski definition) is 4. The van der Waals surface area contributed by atoms with Gasteiger partial charge in [-0.25, -0.2) is 9.67 Å². The molecule has 33 heavy (non-hydrogen) atoms. The van der Waals surface area contributed by atoms with Crippen molar-refractivity contribution in [3.05, 3.63) is 71.1 Å². The van der Waals surface area contributed by atoms with Crippen molar-refractivity contribution in [1.29, 1.82) is 0 Å². The summed E-state index contributed by atoms with van der Waals surface area (Å²) in [6.45, 7) is 0.770. The molecule has 0 radical (unpaired) electrons. The van der Waals surface area contributed by atoms with Gasteiger partial charge in [0.15, 0.2) is 5.69 Å². The molecule has 0 bridgehead atoms. The molecule has 1 saturated heterocycles. The number of aromatic nitrogens is 3. The van der Waals surface area contributed by atoms with Crippen molar-refractivity contribution in [3.8, 4) is 5.69 Å². The van der Waals surface area contributed by atoms with Gasteiger partial charge in [0.1, 0.15) is 5.82 Å². The van der Waals surface area contributed by atoms with E-state index in [0.29, 0.717) is 41.5 Å². The smallest absolute Gasteiger partial charge is 0.338 e. The van der Waals surface area contributed by atoms with E-state index in [1.165, 1.54) is 36.7 Å². The van der Waals surface area contributed by atoms with E-state index in [1.807, 2.05) is 0 Å². The van der Waals surface area contributed by atoms with Gasteiger partial charge < -0.3 is 10.2 Å². The van der Waals surface area contributed by atoms with Crippen LogP contribution in [-0.2, 0) is 11.0 Å². The first-order chi connectivity index (χ1) is 15.7. The lowest BCUT2D eigenvalue weighted by molar-refractivity contribution is -0.141. The summed E-state index contributed by atoms with van der Waals surface area (Å²) >= 11 is 5.80. The van der Waals surface area contributed by atoms with Crippen LogP contribution in [0.25, 0.3) is 5.69 Å². The van der Waals surface area contributed by atoms with Crippen molar-refractivity contribution >= 4 is 29.2 Å². The maximum Gasteiger partial charge on any atom is 0.435 e. The fourth-order valence-electron chi connectivity index (χ4n) is 3.61. The first kappa shape index (κ1) is 22.8. The van der Waals surface area contributed by atoms with Crippen molar-refractivity contribution in [2.45, 2.75) is 19.0 Å². The van der Waals surface area contributed by atoms with Crippen LogP contribution in [0.2, 0.25) is 5.02 Å². The summed E-state index contributed by atoms with van der Waals surface area (Å²) in [5.41, 5.74) is -0.218. The normalized spacial score (nSPS) is 16.5. The molecule has 0 aliphatic carbocycles. The Bertz CT molecular complexity index is 1150. The SMILES string of the molecule is O=C(Nc1ccc(Cl)cn1)C1CCCN(C(=O)c2ccc(-n3ccc(C(F)(F)F)n3)cc2)C1. The Labute approximate surface area is 192 Å². The second-order valence-electron chi connectivity index (χ2n) is 7.63. The van der Waals surface area contributed by atoms with E-state index < -0.39 is 11.9 Å². The van der Waals surface area contributed by atoms with Gasteiger partial charge in [0, 0.05) is 31.0 Å². The number of anilines is 1.